The Labute approximate surface area is 212 Å². The maximum atomic E-state index is 12.6. The topological polar surface area (TPSA) is 53.7 Å². The number of pyridine rings is 1. The molecule has 4 heteroatoms. The number of rotatable bonds is 9. The van der Waals surface area contributed by atoms with E-state index in [0.717, 1.165) is 41.5 Å². The summed E-state index contributed by atoms with van der Waals surface area (Å²) in [6.07, 6.45) is 14.6. The number of unbranched alkanes of at least 4 members (excludes halogenated alkanes) is 1. The van der Waals surface area contributed by atoms with E-state index in [-0.39, 0.29) is 0 Å². The van der Waals surface area contributed by atoms with Crippen LogP contribution in [0.2, 0.25) is 0 Å². The lowest BCUT2D eigenvalue weighted by molar-refractivity contribution is -0.140. The Hall–Kier alpha value is -3.89. The molecule has 5 rings (SSSR count). The van der Waals surface area contributed by atoms with Crippen LogP contribution in [0, 0.1) is 0 Å². The van der Waals surface area contributed by atoms with Crippen molar-refractivity contribution in [2.24, 2.45) is 0 Å². The van der Waals surface area contributed by atoms with E-state index >= 15 is 0 Å². The molecule has 0 fully saturated rings. The molecule has 2 atom stereocenters. The van der Waals surface area contributed by atoms with Gasteiger partial charge in [0.15, 0.2) is 0 Å². The first-order valence-corrected chi connectivity index (χ1v) is 12.7. The second-order valence-corrected chi connectivity index (χ2v) is 9.48. The van der Waals surface area contributed by atoms with Crippen LogP contribution < -0.4 is 5.32 Å². The lowest BCUT2D eigenvalue weighted by Gasteiger charge is -2.37. The molecule has 0 radical (unpaired) electrons. The van der Waals surface area contributed by atoms with Crippen molar-refractivity contribution in [3.63, 3.8) is 0 Å². The molecule has 0 spiro atoms. The average molecular weight is 477 g/mol. The minimum Gasteiger partial charge on any atom is -0.480 e. The van der Waals surface area contributed by atoms with Crippen LogP contribution in [0.3, 0.4) is 0 Å². The minimum atomic E-state index is -0.884. The van der Waals surface area contributed by atoms with Gasteiger partial charge in [-0.25, -0.2) is 0 Å². The van der Waals surface area contributed by atoms with E-state index in [1.165, 1.54) is 11.1 Å². The predicted octanol–water partition coefficient (Wildman–Crippen LogP) is 6.94. The largest absolute Gasteiger partial charge is 0.480 e. The van der Waals surface area contributed by atoms with E-state index < -0.39 is 17.6 Å². The Morgan fingerprint density at radius 1 is 1.03 bits per heavy atom. The molecule has 4 nitrogen and oxygen atoms in total. The molecular weight excluding hydrogens is 444 g/mol. The summed E-state index contributed by atoms with van der Waals surface area (Å²) in [4.78, 5) is 12.6. The van der Waals surface area contributed by atoms with Crippen molar-refractivity contribution < 1.29 is 9.90 Å². The summed E-state index contributed by atoms with van der Waals surface area (Å²) in [5.41, 5.74) is 6.00. The molecule has 2 heterocycles. The number of hydrogen-bond donors (Lipinski definition) is 2. The highest BCUT2D eigenvalue weighted by Crippen LogP contribution is 2.40. The smallest absolute Gasteiger partial charge is 0.325 e. The quantitative estimate of drug-likeness (QED) is 0.275. The molecule has 0 saturated heterocycles. The monoisotopic (exact) mass is 476 g/mol. The highest BCUT2D eigenvalue weighted by atomic mass is 16.4. The Morgan fingerprint density at radius 2 is 1.75 bits per heavy atom. The number of carboxylic acids is 1. The van der Waals surface area contributed by atoms with Crippen LogP contribution in [0.1, 0.15) is 54.5 Å². The van der Waals surface area contributed by atoms with Crippen LogP contribution in [0.4, 0.5) is 0 Å². The van der Waals surface area contributed by atoms with E-state index in [1.54, 1.807) is 0 Å². The first kappa shape index (κ1) is 23.8. The zero-order chi connectivity index (χ0) is 25.0. The van der Waals surface area contributed by atoms with Gasteiger partial charge in [-0.3, -0.25) is 10.1 Å². The van der Waals surface area contributed by atoms with Gasteiger partial charge in [-0.1, -0.05) is 98.3 Å². The molecule has 0 amide bonds. The number of benzene rings is 2. The van der Waals surface area contributed by atoms with Crippen molar-refractivity contribution >= 4 is 17.1 Å². The van der Waals surface area contributed by atoms with E-state index in [9.17, 15) is 9.90 Å². The summed E-state index contributed by atoms with van der Waals surface area (Å²) in [6, 6.07) is 25.2. The maximum Gasteiger partial charge on any atom is 0.325 e. The van der Waals surface area contributed by atoms with Gasteiger partial charge in [-0.05, 0) is 59.2 Å². The lowest BCUT2D eigenvalue weighted by Crippen LogP contribution is -2.46. The third kappa shape index (κ3) is 4.65. The van der Waals surface area contributed by atoms with Gasteiger partial charge >= 0.3 is 5.97 Å². The zero-order valence-corrected chi connectivity index (χ0v) is 20.6. The number of fused-ring (bicyclic) bond motifs is 1. The molecule has 182 valence electrons. The van der Waals surface area contributed by atoms with Gasteiger partial charge in [0.1, 0.15) is 6.04 Å². The van der Waals surface area contributed by atoms with Crippen LogP contribution in [0.25, 0.3) is 11.1 Å². The normalized spacial score (nSPS) is 18.2. The Bertz CT molecular complexity index is 1400. The molecule has 2 aromatic carbocycles. The van der Waals surface area contributed by atoms with Crippen molar-refractivity contribution in [2.75, 3.05) is 0 Å². The first-order chi connectivity index (χ1) is 17.6. The number of hydrogen-bond acceptors (Lipinski definition) is 2. The van der Waals surface area contributed by atoms with E-state index in [2.05, 4.69) is 71.5 Å². The number of nitrogens with one attached hydrogen (secondary N) is 1. The fraction of sp³-hybridized carbons (Fsp3) is 0.219. The standard InChI is InChI=1S/C32H32N2O2/c1-2-3-16-27-28(23-34-22-11-10-17-29(27)34)32(33-30(31(35)36)26-14-8-5-9-15-26)20-18-25(19-21-32)24-12-6-4-7-13-24/h4-15,17-20,22-23,30,33H,2-3,16,21H2,1H3,(H,35,36). The molecule has 0 bridgehead atoms. The number of aryl methyl sites for hydroxylation is 1. The number of carboxylic acid groups (broad SMARTS) is 1. The molecule has 36 heavy (non-hydrogen) atoms. The number of nitrogens with zero attached hydrogens (tertiary/aromatic N) is 1. The number of carbonyl (C=O) groups is 1. The van der Waals surface area contributed by atoms with E-state index in [0.29, 0.717) is 6.42 Å². The summed E-state index contributed by atoms with van der Waals surface area (Å²) in [6.45, 7) is 2.21. The summed E-state index contributed by atoms with van der Waals surface area (Å²) >= 11 is 0. The summed E-state index contributed by atoms with van der Waals surface area (Å²) in [5.74, 6) is -0.884. The number of allylic oxidation sites excluding steroid dienone is 2. The SMILES string of the molecule is CCCCc1c(C2(NC(C(=O)O)c3ccccc3)C=CC(c3ccccc3)=CC2)cn2ccccc12. The fourth-order valence-corrected chi connectivity index (χ4v) is 5.24. The van der Waals surface area contributed by atoms with Crippen molar-refractivity contribution in [1.29, 1.82) is 0 Å². The van der Waals surface area contributed by atoms with Crippen LogP contribution >= 0.6 is 0 Å². The number of aromatic nitrogens is 1. The van der Waals surface area contributed by atoms with Crippen molar-refractivity contribution in [3.8, 4) is 0 Å². The molecule has 0 aliphatic heterocycles. The second-order valence-electron chi connectivity index (χ2n) is 9.48. The van der Waals surface area contributed by atoms with Crippen LogP contribution in [-0.4, -0.2) is 15.5 Å². The average Bonchev–Trinajstić information content (AvgIpc) is 3.31. The third-order valence-electron chi connectivity index (χ3n) is 7.13. The first-order valence-electron chi connectivity index (χ1n) is 12.7. The summed E-state index contributed by atoms with van der Waals surface area (Å²) < 4.78 is 2.17. The fourth-order valence-electron chi connectivity index (χ4n) is 5.24. The molecular formula is C32H32N2O2. The van der Waals surface area contributed by atoms with Gasteiger partial charge in [-0.15, -0.1) is 0 Å². The summed E-state index contributed by atoms with van der Waals surface area (Å²) in [7, 11) is 0. The Morgan fingerprint density at radius 3 is 2.42 bits per heavy atom. The molecule has 2 N–H and O–H groups in total. The van der Waals surface area contributed by atoms with Crippen LogP contribution in [-0.2, 0) is 16.8 Å². The van der Waals surface area contributed by atoms with Gasteiger partial charge in [0.05, 0.1) is 5.54 Å². The summed E-state index contributed by atoms with van der Waals surface area (Å²) in [5, 5.41) is 13.9. The number of aliphatic carboxylic acids is 1. The van der Waals surface area contributed by atoms with Crippen molar-refractivity contribution in [3.05, 3.63) is 132 Å². The molecule has 2 aromatic heterocycles. The lowest BCUT2D eigenvalue weighted by atomic mass is 9.78. The van der Waals surface area contributed by atoms with Gasteiger partial charge in [-0.2, -0.15) is 0 Å². The molecule has 4 aromatic rings. The zero-order valence-electron chi connectivity index (χ0n) is 20.6. The van der Waals surface area contributed by atoms with Crippen LogP contribution in [0.15, 0.2) is 109 Å². The van der Waals surface area contributed by atoms with Gasteiger partial charge in [0, 0.05) is 17.9 Å². The molecule has 1 aliphatic carbocycles. The van der Waals surface area contributed by atoms with Gasteiger partial charge in [0.2, 0.25) is 0 Å². The molecule has 0 saturated carbocycles. The van der Waals surface area contributed by atoms with Crippen LogP contribution in [0.5, 0.6) is 0 Å². The predicted molar refractivity (Wildman–Crippen MR) is 146 cm³/mol. The molecule has 2 unspecified atom stereocenters. The Balaban J connectivity index is 1.64. The Kier molecular flexibility index (Phi) is 6.88. The van der Waals surface area contributed by atoms with E-state index in [1.807, 2.05) is 54.6 Å². The second kappa shape index (κ2) is 10.4. The highest BCUT2D eigenvalue weighted by molar-refractivity contribution is 5.78. The van der Waals surface area contributed by atoms with Crippen molar-refractivity contribution in [2.45, 2.75) is 44.2 Å². The highest BCUT2D eigenvalue weighted by Gasteiger charge is 2.38. The molecule has 1 aliphatic rings. The third-order valence-corrected chi connectivity index (χ3v) is 7.13. The van der Waals surface area contributed by atoms with Crippen molar-refractivity contribution in [1.82, 2.24) is 9.72 Å². The minimum absolute atomic E-state index is 0.653. The van der Waals surface area contributed by atoms with Gasteiger partial charge < -0.3 is 9.51 Å². The van der Waals surface area contributed by atoms with Gasteiger partial charge in [0.25, 0.3) is 0 Å². The maximum absolute atomic E-state index is 12.6. The van der Waals surface area contributed by atoms with E-state index in [4.69, 9.17) is 0 Å².